The Morgan fingerprint density at radius 3 is 2.72 bits per heavy atom. The highest BCUT2D eigenvalue weighted by Crippen LogP contribution is 2.56. The molecular formula is C20H22N2O3. The number of hydrogen-bond donors (Lipinski definition) is 2. The molecule has 130 valence electrons. The largest absolute Gasteiger partial charge is 0.491 e. The lowest BCUT2D eigenvalue weighted by molar-refractivity contribution is 0.200. The molecule has 5 heteroatoms. The molecule has 1 aliphatic carbocycles. The number of anilines is 1. The summed E-state index contributed by atoms with van der Waals surface area (Å²) in [6.45, 7) is 1.37. The highest BCUT2D eigenvalue weighted by Gasteiger charge is 2.52. The Balaban J connectivity index is 1.46. The summed E-state index contributed by atoms with van der Waals surface area (Å²) in [5.74, 6) is 0.692. The third kappa shape index (κ3) is 2.96. The van der Waals surface area contributed by atoms with Crippen molar-refractivity contribution in [2.45, 2.75) is 24.8 Å². The van der Waals surface area contributed by atoms with E-state index in [1.54, 1.807) is 0 Å². The molecule has 4 rings (SSSR count). The Hall–Kier alpha value is -2.53. The van der Waals surface area contributed by atoms with Gasteiger partial charge in [0.2, 0.25) is 0 Å². The molecule has 1 saturated carbocycles. The Morgan fingerprint density at radius 1 is 1.16 bits per heavy atom. The van der Waals surface area contributed by atoms with E-state index in [0.717, 1.165) is 30.6 Å². The van der Waals surface area contributed by atoms with Gasteiger partial charge in [-0.2, -0.15) is 0 Å². The van der Waals surface area contributed by atoms with E-state index in [-0.39, 0.29) is 24.7 Å². The second kappa shape index (κ2) is 6.41. The molecule has 0 unspecified atom stereocenters. The number of para-hydroxylation sites is 2. The summed E-state index contributed by atoms with van der Waals surface area (Å²) in [4.78, 5) is 14.6. The summed E-state index contributed by atoms with van der Waals surface area (Å²) >= 11 is 0. The Labute approximate surface area is 147 Å². The zero-order valence-electron chi connectivity index (χ0n) is 14.1. The van der Waals surface area contributed by atoms with Gasteiger partial charge in [-0.05, 0) is 30.5 Å². The molecule has 5 nitrogen and oxygen atoms in total. The minimum atomic E-state index is -0.0758. The molecule has 1 fully saturated rings. The summed E-state index contributed by atoms with van der Waals surface area (Å²) in [7, 11) is 0. The molecule has 0 aromatic heterocycles. The average molecular weight is 338 g/mol. The van der Waals surface area contributed by atoms with Crippen LogP contribution in [0, 0.1) is 0 Å². The summed E-state index contributed by atoms with van der Waals surface area (Å²) < 4.78 is 5.53. The van der Waals surface area contributed by atoms with Gasteiger partial charge < -0.3 is 15.2 Å². The summed E-state index contributed by atoms with van der Waals surface area (Å²) in [6.07, 6.45) is 2.32. The van der Waals surface area contributed by atoms with Crippen molar-refractivity contribution in [3.05, 3.63) is 59.7 Å². The van der Waals surface area contributed by atoms with Crippen molar-refractivity contribution in [1.82, 2.24) is 5.32 Å². The maximum Gasteiger partial charge on any atom is 0.322 e. The normalized spacial score (nSPS) is 16.6. The van der Waals surface area contributed by atoms with Crippen LogP contribution >= 0.6 is 0 Å². The first-order valence-electron chi connectivity index (χ1n) is 8.70. The Bertz CT molecular complexity index is 786. The van der Waals surface area contributed by atoms with E-state index in [1.807, 2.05) is 41.3 Å². The number of nitrogens with zero attached hydrogens (tertiary/aromatic N) is 1. The van der Waals surface area contributed by atoms with Gasteiger partial charge in [0.15, 0.2) is 0 Å². The Kier molecular flexibility index (Phi) is 4.09. The number of hydrogen-bond acceptors (Lipinski definition) is 3. The number of rotatable bonds is 5. The molecule has 2 aromatic carbocycles. The first-order valence-corrected chi connectivity index (χ1v) is 8.70. The van der Waals surface area contributed by atoms with Crippen molar-refractivity contribution in [2.24, 2.45) is 0 Å². The van der Waals surface area contributed by atoms with Crippen molar-refractivity contribution in [3.63, 3.8) is 0 Å². The molecule has 0 atom stereocenters. The van der Waals surface area contributed by atoms with Crippen LogP contribution in [0.5, 0.6) is 5.75 Å². The van der Waals surface area contributed by atoms with Crippen molar-refractivity contribution in [3.8, 4) is 5.75 Å². The maximum atomic E-state index is 12.8. The highest BCUT2D eigenvalue weighted by molar-refractivity contribution is 5.95. The molecule has 0 radical (unpaired) electrons. The van der Waals surface area contributed by atoms with E-state index >= 15 is 0 Å². The van der Waals surface area contributed by atoms with Crippen molar-refractivity contribution < 1.29 is 14.6 Å². The zero-order valence-corrected chi connectivity index (χ0v) is 14.1. The van der Waals surface area contributed by atoms with Crippen LogP contribution < -0.4 is 15.0 Å². The minimum Gasteiger partial charge on any atom is -0.491 e. The fourth-order valence-corrected chi connectivity index (χ4v) is 3.60. The van der Waals surface area contributed by atoms with Crippen LogP contribution in [0.25, 0.3) is 0 Å². The van der Waals surface area contributed by atoms with Gasteiger partial charge in [-0.15, -0.1) is 0 Å². The van der Waals surface area contributed by atoms with Crippen LogP contribution in [0.15, 0.2) is 48.5 Å². The fourth-order valence-electron chi connectivity index (χ4n) is 3.60. The average Bonchev–Trinajstić information content (AvgIpc) is 3.36. The smallest absolute Gasteiger partial charge is 0.322 e. The number of carbonyl (C=O) groups is 1. The predicted octanol–water partition coefficient (Wildman–Crippen LogP) is 2.82. The molecule has 1 spiro atoms. The number of amides is 2. The maximum absolute atomic E-state index is 12.8. The zero-order chi connectivity index (χ0) is 17.3. The van der Waals surface area contributed by atoms with Crippen LogP contribution in [0.3, 0.4) is 0 Å². The molecule has 2 aliphatic rings. The lowest BCUT2D eigenvalue weighted by atomic mass is 9.99. The van der Waals surface area contributed by atoms with Gasteiger partial charge in [0.25, 0.3) is 0 Å². The van der Waals surface area contributed by atoms with Gasteiger partial charge in [0.05, 0.1) is 6.61 Å². The monoisotopic (exact) mass is 338 g/mol. The van der Waals surface area contributed by atoms with E-state index in [9.17, 15) is 4.79 Å². The minimum absolute atomic E-state index is 0.0344. The van der Waals surface area contributed by atoms with E-state index in [4.69, 9.17) is 9.84 Å². The molecule has 2 amide bonds. The number of ether oxygens (including phenoxy) is 1. The van der Waals surface area contributed by atoms with Gasteiger partial charge >= 0.3 is 6.03 Å². The van der Waals surface area contributed by atoms with Gasteiger partial charge in [0.1, 0.15) is 12.4 Å². The fraction of sp³-hybridized carbons (Fsp3) is 0.350. The SMILES string of the molecule is O=C(NCc1ccccc1OCCO)N1CC2(CC2)c2ccccc21. The van der Waals surface area contributed by atoms with Gasteiger partial charge in [-0.1, -0.05) is 36.4 Å². The standard InChI is InChI=1S/C20H22N2O3/c23-11-12-25-18-8-4-1-5-15(18)13-21-19(24)22-14-20(9-10-20)16-6-2-3-7-17(16)22/h1-8,23H,9-14H2,(H,21,24). The van der Waals surface area contributed by atoms with Crippen LogP contribution in [0.1, 0.15) is 24.0 Å². The third-order valence-corrected chi connectivity index (χ3v) is 5.08. The molecule has 25 heavy (non-hydrogen) atoms. The molecule has 1 aliphatic heterocycles. The summed E-state index contributed by atoms with van der Waals surface area (Å²) in [5.41, 5.74) is 3.42. The van der Waals surface area contributed by atoms with Crippen LogP contribution in [0.4, 0.5) is 10.5 Å². The van der Waals surface area contributed by atoms with E-state index in [1.165, 1.54) is 5.56 Å². The molecule has 1 heterocycles. The second-order valence-corrected chi connectivity index (χ2v) is 6.72. The van der Waals surface area contributed by atoms with Crippen LogP contribution in [-0.4, -0.2) is 30.9 Å². The number of fused-ring (bicyclic) bond motifs is 2. The van der Waals surface area contributed by atoms with E-state index in [2.05, 4.69) is 17.4 Å². The summed E-state index contributed by atoms with van der Waals surface area (Å²) in [5, 5.41) is 11.9. The van der Waals surface area contributed by atoms with Gasteiger partial charge in [-0.3, -0.25) is 4.90 Å². The quantitative estimate of drug-likeness (QED) is 0.881. The number of aliphatic hydroxyl groups excluding tert-OH is 1. The van der Waals surface area contributed by atoms with Crippen molar-refractivity contribution >= 4 is 11.7 Å². The van der Waals surface area contributed by atoms with E-state index in [0.29, 0.717) is 12.3 Å². The topological polar surface area (TPSA) is 61.8 Å². The highest BCUT2D eigenvalue weighted by atomic mass is 16.5. The molecule has 2 aromatic rings. The lowest BCUT2D eigenvalue weighted by Crippen LogP contribution is -2.40. The lowest BCUT2D eigenvalue weighted by Gasteiger charge is -2.19. The predicted molar refractivity (Wildman–Crippen MR) is 96.0 cm³/mol. The number of carbonyl (C=O) groups excluding carboxylic acids is 1. The summed E-state index contributed by atoms with van der Waals surface area (Å²) in [6, 6.07) is 15.7. The second-order valence-electron chi connectivity index (χ2n) is 6.72. The first kappa shape index (κ1) is 16.0. The van der Waals surface area contributed by atoms with Gasteiger partial charge in [-0.25, -0.2) is 4.79 Å². The molecular weight excluding hydrogens is 316 g/mol. The molecule has 2 N–H and O–H groups in total. The first-order chi connectivity index (χ1) is 12.2. The number of benzene rings is 2. The van der Waals surface area contributed by atoms with Crippen LogP contribution in [-0.2, 0) is 12.0 Å². The Morgan fingerprint density at radius 2 is 1.92 bits per heavy atom. The van der Waals surface area contributed by atoms with Crippen molar-refractivity contribution in [2.75, 3.05) is 24.7 Å². The van der Waals surface area contributed by atoms with Crippen molar-refractivity contribution in [1.29, 1.82) is 0 Å². The van der Waals surface area contributed by atoms with Crippen LogP contribution in [0.2, 0.25) is 0 Å². The number of aliphatic hydroxyl groups is 1. The molecule has 0 bridgehead atoms. The van der Waals surface area contributed by atoms with Gasteiger partial charge in [0, 0.05) is 29.8 Å². The van der Waals surface area contributed by atoms with E-state index < -0.39 is 0 Å². The molecule has 0 saturated heterocycles. The number of urea groups is 1. The number of nitrogens with one attached hydrogen (secondary N) is 1. The third-order valence-electron chi connectivity index (χ3n) is 5.08.